The van der Waals surface area contributed by atoms with Crippen LogP contribution in [-0.2, 0) is 30.5 Å². The average Bonchev–Trinajstić information content (AvgIpc) is 3.56. The molecule has 1 aliphatic heterocycles. The lowest BCUT2D eigenvalue weighted by Gasteiger charge is -2.35. The van der Waals surface area contributed by atoms with Crippen LogP contribution < -0.4 is 10.6 Å². The first-order chi connectivity index (χ1) is 19.9. The van der Waals surface area contributed by atoms with Gasteiger partial charge in [-0.05, 0) is 36.3 Å². The van der Waals surface area contributed by atoms with E-state index < -0.39 is 23.6 Å². The maximum absolute atomic E-state index is 13.7. The van der Waals surface area contributed by atoms with Gasteiger partial charge in [0.15, 0.2) is 0 Å². The Morgan fingerprint density at radius 2 is 1.76 bits per heavy atom. The van der Waals surface area contributed by atoms with E-state index in [-0.39, 0.29) is 49.6 Å². The first kappa shape index (κ1) is 33.2. The Kier molecular flexibility index (Phi) is 12.0. The third-order valence-corrected chi connectivity index (χ3v) is 8.45. The predicted molar refractivity (Wildman–Crippen MR) is 161 cm³/mol. The van der Waals surface area contributed by atoms with Gasteiger partial charge in [-0.1, -0.05) is 57.9 Å². The molecule has 0 aliphatic carbocycles. The smallest absolute Gasteiger partial charge is 0.305 e. The number of amides is 3. The Morgan fingerprint density at radius 3 is 2.36 bits per heavy atom. The van der Waals surface area contributed by atoms with Crippen molar-refractivity contribution in [3.05, 3.63) is 41.0 Å². The molecule has 0 spiro atoms. The number of carbonyl (C=O) groups is 4. The number of carbonyl (C=O) groups excluding carboxylic acids is 4. The van der Waals surface area contributed by atoms with Crippen LogP contribution in [0.25, 0.3) is 10.4 Å². The third kappa shape index (κ3) is 9.35. The molecule has 1 fully saturated rings. The summed E-state index contributed by atoms with van der Waals surface area (Å²) in [7, 11) is 1.36. The van der Waals surface area contributed by atoms with Crippen molar-refractivity contribution in [2.24, 2.45) is 5.41 Å². The molecular weight excluding hydrogens is 556 g/mol. The lowest BCUT2D eigenvalue weighted by Crippen LogP contribution is -2.57. The van der Waals surface area contributed by atoms with E-state index in [1.165, 1.54) is 12.0 Å². The fourth-order valence-electron chi connectivity index (χ4n) is 5.02. The Bertz CT molecular complexity index is 1220. The highest BCUT2D eigenvalue weighted by Gasteiger charge is 2.44. The summed E-state index contributed by atoms with van der Waals surface area (Å²) in [5.74, 6) is -1.20. The zero-order valence-corrected chi connectivity index (χ0v) is 26.1. The number of aromatic nitrogens is 1. The quantitative estimate of drug-likeness (QED) is 0.235. The Morgan fingerprint density at radius 1 is 1.10 bits per heavy atom. The van der Waals surface area contributed by atoms with Crippen LogP contribution >= 0.6 is 11.3 Å². The molecular formula is C31H44N4O6S. The summed E-state index contributed by atoms with van der Waals surface area (Å²) in [5, 5.41) is 16.2. The minimum absolute atomic E-state index is 0.0302. The van der Waals surface area contributed by atoms with Crippen LogP contribution in [0.1, 0.15) is 77.0 Å². The van der Waals surface area contributed by atoms with E-state index in [1.807, 2.05) is 57.5 Å². The van der Waals surface area contributed by atoms with Crippen LogP contribution in [-0.4, -0.2) is 70.5 Å². The number of aliphatic hydroxyl groups excluding tert-OH is 1. The molecule has 11 heteroatoms. The molecule has 10 nitrogen and oxygen atoms in total. The molecule has 1 saturated heterocycles. The number of rotatable bonds is 13. The molecule has 2 heterocycles. The van der Waals surface area contributed by atoms with Gasteiger partial charge in [0.25, 0.3) is 0 Å². The highest BCUT2D eigenvalue weighted by molar-refractivity contribution is 7.13. The number of likely N-dealkylation sites (tertiary alicyclic amines) is 1. The van der Waals surface area contributed by atoms with Crippen molar-refractivity contribution in [3.63, 3.8) is 0 Å². The molecule has 1 aromatic carbocycles. The second-order valence-corrected chi connectivity index (χ2v) is 12.8. The molecule has 0 bridgehead atoms. The van der Waals surface area contributed by atoms with E-state index >= 15 is 0 Å². The van der Waals surface area contributed by atoms with Gasteiger partial charge in [0.2, 0.25) is 17.7 Å². The van der Waals surface area contributed by atoms with Gasteiger partial charge in [0.1, 0.15) is 12.1 Å². The van der Waals surface area contributed by atoms with Crippen molar-refractivity contribution < 1.29 is 29.0 Å². The molecule has 2 aromatic rings. The van der Waals surface area contributed by atoms with E-state index in [1.54, 1.807) is 11.3 Å². The summed E-state index contributed by atoms with van der Waals surface area (Å²) in [6.45, 7) is 7.87. The van der Waals surface area contributed by atoms with Gasteiger partial charge < -0.3 is 25.4 Å². The van der Waals surface area contributed by atoms with Crippen LogP contribution in [0.2, 0.25) is 0 Å². The average molecular weight is 601 g/mol. The number of aliphatic hydroxyl groups is 1. The second kappa shape index (κ2) is 15.2. The van der Waals surface area contributed by atoms with Crippen molar-refractivity contribution in [2.45, 2.75) is 97.4 Å². The van der Waals surface area contributed by atoms with E-state index in [4.69, 9.17) is 0 Å². The molecule has 0 radical (unpaired) electrons. The summed E-state index contributed by atoms with van der Waals surface area (Å²) >= 11 is 1.58. The van der Waals surface area contributed by atoms with E-state index in [0.29, 0.717) is 19.3 Å². The zero-order valence-electron chi connectivity index (χ0n) is 25.3. The number of nitrogens with one attached hydrogen (secondary N) is 2. The number of methoxy groups -OCH3 is 1. The Labute approximate surface area is 252 Å². The largest absolute Gasteiger partial charge is 0.469 e. The van der Waals surface area contributed by atoms with Crippen LogP contribution in [0.5, 0.6) is 0 Å². The van der Waals surface area contributed by atoms with Crippen LogP contribution in [0.15, 0.2) is 29.8 Å². The standard InChI is InChI=1S/C31H44N4O6S/c1-20-27(42-19-33-20)22-14-12-21(13-15-22)17-32-29(39)24-16-23(36)18-35(24)30(40)28(31(2,3)4)34-25(37)10-8-6-7-9-11-26(38)41-5/h12-15,19,23-24,28,36H,6-11,16-18H2,1-5H3,(H,32,39)(H,34,37)/t23-,24+,28?/m1/s1. The number of benzene rings is 1. The summed E-state index contributed by atoms with van der Waals surface area (Å²) in [4.78, 5) is 57.7. The first-order valence-electron chi connectivity index (χ1n) is 14.5. The van der Waals surface area contributed by atoms with Crippen molar-refractivity contribution in [3.8, 4) is 10.4 Å². The number of hydrogen-bond donors (Lipinski definition) is 3. The van der Waals surface area contributed by atoms with Crippen molar-refractivity contribution in [1.29, 1.82) is 0 Å². The number of hydrogen-bond acceptors (Lipinski definition) is 8. The molecule has 3 amide bonds. The number of unbranched alkanes of at least 4 members (excludes halogenated alkanes) is 3. The lowest BCUT2D eigenvalue weighted by atomic mass is 9.85. The molecule has 3 rings (SSSR count). The van der Waals surface area contributed by atoms with E-state index in [0.717, 1.165) is 34.5 Å². The number of aryl methyl sites for hydroxylation is 1. The number of thiazole rings is 1. The summed E-state index contributed by atoms with van der Waals surface area (Å²) in [6.07, 6.45) is 2.86. The lowest BCUT2D eigenvalue weighted by molar-refractivity contribution is -0.144. The van der Waals surface area contributed by atoms with E-state index in [2.05, 4.69) is 20.4 Å². The molecule has 230 valence electrons. The molecule has 3 N–H and O–H groups in total. The number of nitrogens with zero attached hydrogens (tertiary/aromatic N) is 2. The zero-order chi connectivity index (χ0) is 30.9. The highest BCUT2D eigenvalue weighted by atomic mass is 32.1. The second-order valence-electron chi connectivity index (χ2n) is 11.9. The molecule has 0 saturated carbocycles. The van der Waals surface area contributed by atoms with E-state index in [9.17, 15) is 24.3 Å². The fourth-order valence-corrected chi connectivity index (χ4v) is 5.84. The molecule has 1 unspecified atom stereocenters. The van der Waals surface area contributed by atoms with Gasteiger partial charge in [-0.3, -0.25) is 19.2 Å². The van der Waals surface area contributed by atoms with Gasteiger partial charge in [-0.2, -0.15) is 0 Å². The van der Waals surface area contributed by atoms with Gasteiger partial charge >= 0.3 is 5.97 Å². The monoisotopic (exact) mass is 600 g/mol. The van der Waals surface area contributed by atoms with Crippen LogP contribution in [0.3, 0.4) is 0 Å². The molecule has 42 heavy (non-hydrogen) atoms. The van der Waals surface area contributed by atoms with Crippen molar-refractivity contribution in [1.82, 2.24) is 20.5 Å². The predicted octanol–water partition coefficient (Wildman–Crippen LogP) is 3.74. The van der Waals surface area contributed by atoms with Crippen LogP contribution in [0, 0.1) is 12.3 Å². The normalized spacial score (nSPS) is 17.5. The number of esters is 1. The topological polar surface area (TPSA) is 138 Å². The minimum atomic E-state index is -0.854. The van der Waals surface area contributed by atoms with Gasteiger partial charge in [0.05, 0.1) is 29.3 Å². The summed E-state index contributed by atoms with van der Waals surface area (Å²) < 4.78 is 4.64. The fraction of sp³-hybridized carbons (Fsp3) is 0.581. The number of β-amino-alcohol motifs (C(OH)–C–C–N with tert-alkyl or cyclic N) is 1. The molecule has 1 aromatic heterocycles. The van der Waals surface area contributed by atoms with Crippen LogP contribution in [0.4, 0.5) is 0 Å². The SMILES string of the molecule is COC(=O)CCCCCCC(=O)NC(C(=O)N1C[C@H](O)C[C@H]1C(=O)NCc1ccc(-c2scnc2C)cc1)C(C)(C)C. The number of ether oxygens (including phenoxy) is 1. The maximum atomic E-state index is 13.7. The van der Waals surface area contributed by atoms with Gasteiger partial charge in [-0.25, -0.2) is 4.98 Å². The molecule has 1 aliphatic rings. The Hall–Kier alpha value is -3.31. The third-order valence-electron chi connectivity index (χ3n) is 7.47. The van der Waals surface area contributed by atoms with Gasteiger partial charge in [-0.15, -0.1) is 11.3 Å². The molecule has 3 atom stereocenters. The van der Waals surface area contributed by atoms with Crippen molar-refractivity contribution in [2.75, 3.05) is 13.7 Å². The first-order valence-corrected chi connectivity index (χ1v) is 15.4. The van der Waals surface area contributed by atoms with Crippen molar-refractivity contribution >= 4 is 35.0 Å². The summed E-state index contributed by atoms with van der Waals surface area (Å²) in [6, 6.07) is 6.21. The van der Waals surface area contributed by atoms with Gasteiger partial charge in [0, 0.05) is 32.4 Å². The minimum Gasteiger partial charge on any atom is -0.469 e. The Balaban J connectivity index is 1.56. The maximum Gasteiger partial charge on any atom is 0.305 e. The summed E-state index contributed by atoms with van der Waals surface area (Å²) in [5.41, 5.74) is 4.16. The highest BCUT2D eigenvalue weighted by Crippen LogP contribution is 2.28.